The van der Waals surface area contributed by atoms with E-state index in [9.17, 15) is 8.42 Å². The number of nitrogens with zero attached hydrogens (tertiary/aromatic N) is 4. The first-order chi connectivity index (χ1) is 15.3. The molecule has 0 amide bonds. The van der Waals surface area contributed by atoms with Crippen molar-refractivity contribution < 1.29 is 17.9 Å². The monoisotopic (exact) mass is 456 g/mol. The van der Waals surface area contributed by atoms with Gasteiger partial charge >= 0.3 is 0 Å². The van der Waals surface area contributed by atoms with E-state index in [4.69, 9.17) is 14.5 Å². The highest BCUT2D eigenvalue weighted by Crippen LogP contribution is 2.35. The van der Waals surface area contributed by atoms with E-state index in [1.807, 2.05) is 45.0 Å². The average molecular weight is 457 g/mol. The van der Waals surface area contributed by atoms with Gasteiger partial charge in [-0.2, -0.15) is 4.31 Å². The molecule has 0 spiro atoms. The van der Waals surface area contributed by atoms with Crippen molar-refractivity contribution in [3.63, 3.8) is 0 Å². The van der Waals surface area contributed by atoms with Crippen molar-refractivity contribution in [2.24, 2.45) is 0 Å². The number of aromatic nitrogens is 2. The summed E-state index contributed by atoms with van der Waals surface area (Å²) in [4.78, 5) is 7.37. The second kappa shape index (κ2) is 8.06. The second-order valence-electron chi connectivity index (χ2n) is 8.50. The Morgan fingerprint density at radius 1 is 0.938 bits per heavy atom. The Hall–Kier alpha value is -2.62. The molecule has 5 rings (SSSR count). The maximum Gasteiger partial charge on any atom is 0.243 e. The number of piperazine rings is 1. The van der Waals surface area contributed by atoms with Crippen molar-refractivity contribution in [3.05, 3.63) is 47.3 Å². The molecule has 0 unspecified atom stereocenters. The highest BCUT2D eigenvalue weighted by Gasteiger charge is 2.30. The SMILES string of the molecule is Cc1ccc(C)c(S(=O)(=O)N2CCN(Cn3c(C)nc4cc5c(cc43)OCCO5)CC2)c1. The van der Waals surface area contributed by atoms with E-state index in [0.29, 0.717) is 51.0 Å². The summed E-state index contributed by atoms with van der Waals surface area (Å²) in [6, 6.07) is 9.51. The van der Waals surface area contributed by atoms with Crippen LogP contribution in [0.25, 0.3) is 11.0 Å². The molecule has 0 aliphatic carbocycles. The highest BCUT2D eigenvalue weighted by atomic mass is 32.2. The van der Waals surface area contributed by atoms with Gasteiger partial charge in [-0.25, -0.2) is 13.4 Å². The first-order valence-corrected chi connectivity index (χ1v) is 12.3. The van der Waals surface area contributed by atoms with Crippen LogP contribution in [0.5, 0.6) is 11.5 Å². The quantitative estimate of drug-likeness (QED) is 0.601. The summed E-state index contributed by atoms with van der Waals surface area (Å²) in [5.41, 5.74) is 3.61. The molecule has 32 heavy (non-hydrogen) atoms. The molecule has 1 saturated heterocycles. The van der Waals surface area contributed by atoms with E-state index in [1.54, 1.807) is 10.4 Å². The molecule has 0 N–H and O–H groups in total. The van der Waals surface area contributed by atoms with Crippen LogP contribution in [0.3, 0.4) is 0 Å². The molecular weight excluding hydrogens is 428 g/mol. The first-order valence-electron chi connectivity index (χ1n) is 10.9. The normalized spacial score (nSPS) is 17.7. The average Bonchev–Trinajstić information content (AvgIpc) is 3.08. The molecule has 1 fully saturated rings. The number of hydrogen-bond acceptors (Lipinski definition) is 6. The van der Waals surface area contributed by atoms with Gasteiger partial charge in [0.15, 0.2) is 11.5 Å². The molecule has 0 atom stereocenters. The number of benzene rings is 2. The molecule has 9 heteroatoms. The standard InChI is InChI=1S/C23H28N4O4S/c1-16-4-5-17(2)23(12-16)32(28,29)26-8-6-25(7-9-26)15-27-18(3)24-19-13-21-22(14-20(19)27)31-11-10-30-21/h4-5,12-14H,6-11,15H2,1-3H3. The number of aryl methyl sites for hydroxylation is 3. The number of fused-ring (bicyclic) bond motifs is 2. The fourth-order valence-electron chi connectivity index (χ4n) is 4.40. The van der Waals surface area contributed by atoms with Gasteiger partial charge in [0.2, 0.25) is 10.0 Å². The van der Waals surface area contributed by atoms with Crippen molar-refractivity contribution in [1.82, 2.24) is 18.8 Å². The van der Waals surface area contributed by atoms with Gasteiger partial charge in [-0.15, -0.1) is 0 Å². The molecule has 2 aliphatic heterocycles. The van der Waals surface area contributed by atoms with E-state index in [0.717, 1.165) is 39.5 Å². The summed E-state index contributed by atoms with van der Waals surface area (Å²) in [6.07, 6.45) is 0. The molecule has 3 heterocycles. The Bertz CT molecular complexity index is 1280. The Morgan fingerprint density at radius 3 is 2.34 bits per heavy atom. The number of ether oxygens (including phenoxy) is 2. The predicted molar refractivity (Wildman–Crippen MR) is 122 cm³/mol. The summed E-state index contributed by atoms with van der Waals surface area (Å²) in [5.74, 6) is 2.39. The largest absolute Gasteiger partial charge is 0.486 e. The van der Waals surface area contributed by atoms with Gasteiger partial charge in [0.25, 0.3) is 0 Å². The summed E-state index contributed by atoms with van der Waals surface area (Å²) in [6.45, 7) is 9.76. The molecule has 0 saturated carbocycles. The molecule has 1 aromatic heterocycles. The van der Waals surface area contributed by atoms with Gasteiger partial charge in [0.1, 0.15) is 19.0 Å². The number of imidazole rings is 1. The Labute approximate surface area is 188 Å². The molecule has 0 bridgehead atoms. The minimum absolute atomic E-state index is 0.411. The van der Waals surface area contributed by atoms with Gasteiger partial charge in [0, 0.05) is 38.3 Å². The zero-order chi connectivity index (χ0) is 22.5. The Morgan fingerprint density at radius 2 is 1.62 bits per heavy atom. The van der Waals surface area contributed by atoms with Crippen molar-refractivity contribution in [2.75, 3.05) is 39.4 Å². The Balaban J connectivity index is 1.33. The lowest BCUT2D eigenvalue weighted by molar-refractivity contribution is 0.153. The zero-order valence-corrected chi connectivity index (χ0v) is 19.5. The molecule has 2 aromatic carbocycles. The minimum Gasteiger partial charge on any atom is -0.486 e. The van der Waals surface area contributed by atoms with Crippen LogP contribution in [-0.4, -0.2) is 66.6 Å². The number of rotatable bonds is 4. The van der Waals surface area contributed by atoms with Crippen molar-refractivity contribution in [3.8, 4) is 11.5 Å². The van der Waals surface area contributed by atoms with Gasteiger partial charge in [-0.05, 0) is 38.0 Å². The topological polar surface area (TPSA) is 76.9 Å². The van der Waals surface area contributed by atoms with E-state index >= 15 is 0 Å². The lowest BCUT2D eigenvalue weighted by Crippen LogP contribution is -2.49. The summed E-state index contributed by atoms with van der Waals surface area (Å²) < 4.78 is 41.6. The van der Waals surface area contributed by atoms with E-state index in [1.165, 1.54) is 0 Å². The van der Waals surface area contributed by atoms with Gasteiger partial charge < -0.3 is 14.0 Å². The third kappa shape index (κ3) is 3.74. The number of hydrogen-bond donors (Lipinski definition) is 0. The van der Waals surface area contributed by atoms with Gasteiger partial charge in [0.05, 0.1) is 22.6 Å². The zero-order valence-electron chi connectivity index (χ0n) is 18.7. The lowest BCUT2D eigenvalue weighted by Gasteiger charge is -2.34. The Kier molecular flexibility index (Phi) is 5.35. The highest BCUT2D eigenvalue weighted by molar-refractivity contribution is 7.89. The van der Waals surface area contributed by atoms with Crippen molar-refractivity contribution in [1.29, 1.82) is 0 Å². The first kappa shape index (κ1) is 21.2. The predicted octanol–water partition coefficient (Wildman–Crippen LogP) is 2.70. The molecule has 0 radical (unpaired) electrons. The van der Waals surface area contributed by atoms with Gasteiger partial charge in [-0.1, -0.05) is 12.1 Å². The molecule has 8 nitrogen and oxygen atoms in total. The third-order valence-corrected chi connectivity index (χ3v) is 8.28. The van der Waals surface area contributed by atoms with Crippen LogP contribution in [0.15, 0.2) is 35.2 Å². The van der Waals surface area contributed by atoms with Crippen LogP contribution < -0.4 is 9.47 Å². The summed E-state index contributed by atoms with van der Waals surface area (Å²) in [7, 11) is -3.50. The smallest absolute Gasteiger partial charge is 0.243 e. The lowest BCUT2D eigenvalue weighted by atomic mass is 10.2. The van der Waals surface area contributed by atoms with Crippen LogP contribution in [0.1, 0.15) is 17.0 Å². The maximum absolute atomic E-state index is 13.2. The van der Waals surface area contributed by atoms with E-state index in [2.05, 4.69) is 9.47 Å². The van der Waals surface area contributed by atoms with Crippen LogP contribution in [-0.2, 0) is 16.7 Å². The van der Waals surface area contributed by atoms with Crippen LogP contribution >= 0.6 is 0 Å². The number of sulfonamides is 1. The molecule has 3 aromatic rings. The third-order valence-electron chi connectivity index (χ3n) is 6.24. The van der Waals surface area contributed by atoms with E-state index < -0.39 is 10.0 Å². The van der Waals surface area contributed by atoms with Crippen molar-refractivity contribution >= 4 is 21.1 Å². The van der Waals surface area contributed by atoms with Gasteiger partial charge in [-0.3, -0.25) is 4.90 Å². The summed E-state index contributed by atoms with van der Waals surface area (Å²) in [5, 5.41) is 0. The maximum atomic E-state index is 13.2. The van der Waals surface area contributed by atoms with Crippen LogP contribution in [0, 0.1) is 20.8 Å². The second-order valence-corrected chi connectivity index (χ2v) is 10.4. The van der Waals surface area contributed by atoms with Crippen LogP contribution in [0.4, 0.5) is 0 Å². The summed E-state index contributed by atoms with van der Waals surface area (Å²) >= 11 is 0. The molecular formula is C23H28N4O4S. The van der Waals surface area contributed by atoms with Crippen LogP contribution in [0.2, 0.25) is 0 Å². The van der Waals surface area contributed by atoms with Crippen molar-refractivity contribution in [2.45, 2.75) is 32.3 Å². The minimum atomic E-state index is -3.50. The fourth-order valence-corrected chi connectivity index (χ4v) is 6.13. The fraction of sp³-hybridized carbons (Fsp3) is 0.435. The molecule has 170 valence electrons. The van der Waals surface area contributed by atoms with E-state index in [-0.39, 0.29) is 0 Å². The molecule has 2 aliphatic rings.